The van der Waals surface area contributed by atoms with E-state index in [1.807, 2.05) is 0 Å². The minimum absolute atomic E-state index is 0.0568. The molecule has 1 aromatic rings. The molecule has 0 fully saturated rings. The summed E-state index contributed by atoms with van der Waals surface area (Å²) in [5, 5.41) is 8.41. The van der Waals surface area contributed by atoms with E-state index in [-0.39, 0.29) is 17.7 Å². The van der Waals surface area contributed by atoms with Crippen LogP contribution in [0, 0.1) is 18.3 Å². The average Bonchev–Trinajstić information content (AvgIpc) is 2.13. The molecular weight excluding hydrogens is 259 g/mol. The van der Waals surface area contributed by atoms with Crippen molar-refractivity contribution in [3.05, 3.63) is 22.9 Å². The van der Waals surface area contributed by atoms with Crippen LogP contribution in [0.1, 0.15) is 23.2 Å². The largest absolute Gasteiger partial charge is 0.574 e. The van der Waals surface area contributed by atoms with Crippen LogP contribution < -0.4 is 4.74 Å². The monoisotopic (exact) mass is 266 g/mol. The van der Waals surface area contributed by atoms with Gasteiger partial charge in [-0.2, -0.15) is 5.26 Å². The van der Waals surface area contributed by atoms with Crippen LogP contribution in [0.3, 0.4) is 0 Å². The fraction of sp³-hybridized carbons (Fsp3) is 0.400. The first kappa shape index (κ1) is 14.2. The second kappa shape index (κ2) is 5.16. The molecule has 3 nitrogen and oxygen atoms in total. The molecule has 0 aromatic carbocycles. The number of aryl methyl sites for hydroxylation is 1. The number of alkyl halides is 5. The van der Waals surface area contributed by atoms with Crippen molar-refractivity contribution in [2.45, 2.75) is 26.1 Å². The maximum Gasteiger partial charge on any atom is 0.574 e. The third kappa shape index (κ3) is 3.55. The van der Waals surface area contributed by atoms with Gasteiger partial charge in [-0.1, -0.05) is 0 Å². The highest BCUT2D eigenvalue weighted by Gasteiger charge is 2.35. The number of halogens is 5. The van der Waals surface area contributed by atoms with Gasteiger partial charge in [0.05, 0.1) is 23.7 Å². The molecule has 0 N–H and O–H groups in total. The summed E-state index contributed by atoms with van der Waals surface area (Å²) in [4.78, 5) is 3.29. The van der Waals surface area contributed by atoms with Gasteiger partial charge in [0.25, 0.3) is 6.43 Å². The summed E-state index contributed by atoms with van der Waals surface area (Å²) in [6, 6.07) is 2.80. The van der Waals surface area contributed by atoms with Crippen molar-refractivity contribution in [3.8, 4) is 11.9 Å². The Kier molecular flexibility index (Phi) is 4.06. The first-order chi connectivity index (χ1) is 8.24. The summed E-state index contributed by atoms with van der Waals surface area (Å²) in [7, 11) is 0. The second-order valence-electron chi connectivity index (χ2n) is 3.33. The van der Waals surface area contributed by atoms with Crippen molar-refractivity contribution in [2.75, 3.05) is 0 Å². The lowest BCUT2D eigenvalue weighted by atomic mass is 10.1. The molecule has 1 rings (SSSR count). The number of rotatable bonds is 3. The molecule has 0 aliphatic carbocycles. The molecule has 1 heterocycles. The molecule has 18 heavy (non-hydrogen) atoms. The first-order valence-electron chi connectivity index (χ1n) is 4.66. The molecule has 0 aliphatic rings. The fourth-order valence-electron chi connectivity index (χ4n) is 1.34. The van der Waals surface area contributed by atoms with E-state index in [1.54, 1.807) is 6.07 Å². The molecule has 0 atom stereocenters. The number of aromatic nitrogens is 1. The van der Waals surface area contributed by atoms with Crippen molar-refractivity contribution < 1.29 is 26.7 Å². The van der Waals surface area contributed by atoms with Gasteiger partial charge in [-0.3, -0.25) is 0 Å². The smallest absolute Gasteiger partial charge is 0.387 e. The second-order valence-corrected chi connectivity index (χ2v) is 3.33. The predicted octanol–water partition coefficient (Wildman–Crippen LogP) is 3.29. The van der Waals surface area contributed by atoms with Crippen LogP contribution in [-0.2, 0) is 6.42 Å². The zero-order chi connectivity index (χ0) is 13.9. The van der Waals surface area contributed by atoms with Gasteiger partial charge >= 0.3 is 6.36 Å². The highest BCUT2D eigenvalue weighted by Crippen LogP contribution is 2.34. The van der Waals surface area contributed by atoms with E-state index in [0.29, 0.717) is 0 Å². The zero-order valence-electron chi connectivity index (χ0n) is 9.05. The molecule has 0 saturated carbocycles. The molecule has 0 amide bonds. The van der Waals surface area contributed by atoms with Crippen molar-refractivity contribution in [2.24, 2.45) is 0 Å². The van der Waals surface area contributed by atoms with E-state index in [0.717, 1.165) is 6.07 Å². The molecule has 98 valence electrons. The van der Waals surface area contributed by atoms with Gasteiger partial charge in [0.1, 0.15) is 0 Å². The van der Waals surface area contributed by atoms with Gasteiger partial charge in [-0.25, -0.2) is 13.8 Å². The predicted molar refractivity (Wildman–Crippen MR) is 49.9 cm³/mol. The Bertz CT molecular complexity index is 478. The van der Waals surface area contributed by atoms with E-state index >= 15 is 0 Å². The van der Waals surface area contributed by atoms with Crippen LogP contribution >= 0.6 is 0 Å². The summed E-state index contributed by atoms with van der Waals surface area (Å²) in [5.74, 6) is -1.21. The van der Waals surface area contributed by atoms with Crippen LogP contribution in [0.5, 0.6) is 5.88 Å². The Morgan fingerprint density at radius 2 is 2.06 bits per heavy atom. The number of hydrogen-bond donors (Lipinski definition) is 0. The lowest BCUT2D eigenvalue weighted by Gasteiger charge is -2.14. The van der Waals surface area contributed by atoms with Crippen LogP contribution in [-0.4, -0.2) is 11.3 Å². The summed E-state index contributed by atoms with van der Waals surface area (Å²) >= 11 is 0. The SMILES string of the molecule is Cc1cc(CC#N)nc(OC(F)(F)F)c1C(F)F. The van der Waals surface area contributed by atoms with Crippen LogP contribution in [0.4, 0.5) is 22.0 Å². The maximum absolute atomic E-state index is 12.6. The lowest BCUT2D eigenvalue weighted by Crippen LogP contribution is -2.20. The third-order valence-electron chi connectivity index (χ3n) is 1.97. The lowest BCUT2D eigenvalue weighted by molar-refractivity contribution is -0.276. The quantitative estimate of drug-likeness (QED) is 0.788. The molecular formula is C10H7F5N2O. The van der Waals surface area contributed by atoms with Crippen LogP contribution in [0.2, 0.25) is 0 Å². The van der Waals surface area contributed by atoms with Gasteiger partial charge in [0.2, 0.25) is 5.88 Å². The van der Waals surface area contributed by atoms with Crippen molar-refractivity contribution in [1.82, 2.24) is 4.98 Å². The third-order valence-corrected chi connectivity index (χ3v) is 1.97. The average molecular weight is 266 g/mol. The molecule has 0 saturated heterocycles. The number of nitriles is 1. The number of pyridine rings is 1. The van der Waals surface area contributed by atoms with Crippen LogP contribution in [0.25, 0.3) is 0 Å². The normalized spacial score (nSPS) is 11.4. The molecule has 0 unspecified atom stereocenters. The standard InChI is InChI=1S/C10H7F5N2O/c1-5-4-6(2-3-16)17-9(7(5)8(11)12)18-10(13,14)15/h4,8H,2H2,1H3. The van der Waals surface area contributed by atoms with E-state index < -0.39 is 24.2 Å². The van der Waals surface area contributed by atoms with Gasteiger partial charge < -0.3 is 4.74 Å². The Morgan fingerprint density at radius 3 is 2.50 bits per heavy atom. The summed E-state index contributed by atoms with van der Waals surface area (Å²) < 4.78 is 64.9. The molecule has 0 bridgehead atoms. The minimum atomic E-state index is -5.12. The number of ether oxygens (including phenoxy) is 1. The van der Waals surface area contributed by atoms with E-state index in [1.165, 1.54) is 6.92 Å². The summed E-state index contributed by atoms with van der Waals surface area (Å²) in [6.45, 7) is 1.20. The zero-order valence-corrected chi connectivity index (χ0v) is 9.05. The van der Waals surface area contributed by atoms with Gasteiger partial charge in [-0.05, 0) is 18.6 Å². The van der Waals surface area contributed by atoms with E-state index in [9.17, 15) is 22.0 Å². The molecule has 1 aromatic heterocycles. The first-order valence-corrected chi connectivity index (χ1v) is 4.66. The molecule has 8 heteroatoms. The van der Waals surface area contributed by atoms with Crippen LogP contribution in [0.15, 0.2) is 6.07 Å². The van der Waals surface area contributed by atoms with E-state index in [4.69, 9.17) is 5.26 Å². The topological polar surface area (TPSA) is 45.9 Å². The van der Waals surface area contributed by atoms with Crippen molar-refractivity contribution >= 4 is 0 Å². The van der Waals surface area contributed by atoms with Crippen molar-refractivity contribution in [1.29, 1.82) is 5.26 Å². The Morgan fingerprint density at radius 1 is 1.44 bits per heavy atom. The summed E-state index contributed by atoms with van der Waals surface area (Å²) in [5.41, 5.74) is -1.09. The molecule has 0 aliphatic heterocycles. The number of nitrogens with zero attached hydrogens (tertiary/aromatic N) is 2. The Labute approximate surface area is 98.8 Å². The molecule has 0 spiro atoms. The maximum atomic E-state index is 12.6. The van der Waals surface area contributed by atoms with Gasteiger partial charge in [-0.15, -0.1) is 13.2 Å². The Balaban J connectivity index is 3.29. The highest BCUT2D eigenvalue weighted by molar-refractivity contribution is 5.37. The minimum Gasteiger partial charge on any atom is -0.387 e. The van der Waals surface area contributed by atoms with Gasteiger partial charge in [0.15, 0.2) is 0 Å². The highest BCUT2D eigenvalue weighted by atomic mass is 19.4. The molecule has 0 radical (unpaired) electrons. The van der Waals surface area contributed by atoms with Crippen molar-refractivity contribution in [3.63, 3.8) is 0 Å². The van der Waals surface area contributed by atoms with Gasteiger partial charge in [0, 0.05) is 0 Å². The Hall–Kier alpha value is -1.91. The fourth-order valence-corrected chi connectivity index (χ4v) is 1.34. The number of hydrogen-bond acceptors (Lipinski definition) is 3. The summed E-state index contributed by atoms with van der Waals surface area (Å²) in [6.07, 6.45) is -8.56. The van der Waals surface area contributed by atoms with E-state index in [2.05, 4.69) is 9.72 Å².